The van der Waals surface area contributed by atoms with Crippen LogP contribution in [0.3, 0.4) is 0 Å². The number of hydrogen-bond acceptors (Lipinski definition) is 4. The topological polar surface area (TPSA) is 61.6 Å². The van der Waals surface area contributed by atoms with E-state index in [9.17, 15) is 10.1 Å². The van der Waals surface area contributed by atoms with E-state index < -0.39 is 4.92 Å². The van der Waals surface area contributed by atoms with Crippen LogP contribution in [0.2, 0.25) is 0 Å². The van der Waals surface area contributed by atoms with E-state index in [-0.39, 0.29) is 11.4 Å². The van der Waals surface area contributed by atoms with E-state index in [1.165, 1.54) is 26.4 Å². The maximum absolute atomic E-state index is 10.6. The Morgan fingerprint density at radius 1 is 1.29 bits per heavy atom. The summed E-state index contributed by atoms with van der Waals surface area (Å²) in [7, 11) is 2.82. The molecule has 0 aliphatic rings. The average Bonchev–Trinajstić information content (AvgIpc) is 2.16. The van der Waals surface area contributed by atoms with Crippen LogP contribution in [0.15, 0.2) is 16.6 Å². The molecule has 76 valence electrons. The molecule has 0 saturated carbocycles. The summed E-state index contributed by atoms with van der Waals surface area (Å²) >= 11 is 3.20. The van der Waals surface area contributed by atoms with Gasteiger partial charge in [-0.15, -0.1) is 0 Å². The first kappa shape index (κ1) is 10.8. The van der Waals surface area contributed by atoms with E-state index in [2.05, 4.69) is 15.9 Å². The molecular weight excluding hydrogens is 254 g/mol. The van der Waals surface area contributed by atoms with Gasteiger partial charge in [0.05, 0.1) is 29.7 Å². The molecule has 0 atom stereocenters. The number of nitro benzene ring substituents is 1. The molecule has 0 spiro atoms. The Morgan fingerprint density at radius 2 is 1.86 bits per heavy atom. The molecule has 5 nitrogen and oxygen atoms in total. The zero-order valence-corrected chi connectivity index (χ0v) is 9.20. The maximum Gasteiger partial charge on any atom is 0.314 e. The molecule has 1 rings (SSSR count). The van der Waals surface area contributed by atoms with Gasteiger partial charge in [-0.2, -0.15) is 0 Å². The highest BCUT2D eigenvalue weighted by Gasteiger charge is 2.18. The summed E-state index contributed by atoms with van der Waals surface area (Å²) in [5, 5.41) is 10.6. The van der Waals surface area contributed by atoms with Crippen LogP contribution < -0.4 is 9.47 Å². The molecule has 14 heavy (non-hydrogen) atoms. The minimum absolute atomic E-state index is 0.118. The first-order valence-electron chi connectivity index (χ1n) is 3.66. The molecule has 0 bridgehead atoms. The lowest BCUT2D eigenvalue weighted by atomic mass is 10.3. The first-order chi connectivity index (χ1) is 6.60. The largest absolute Gasteiger partial charge is 0.495 e. The highest BCUT2D eigenvalue weighted by molar-refractivity contribution is 9.10. The molecule has 0 heterocycles. The van der Waals surface area contributed by atoms with Gasteiger partial charge in [-0.1, -0.05) is 0 Å². The molecule has 0 amide bonds. The summed E-state index contributed by atoms with van der Waals surface area (Å²) in [6.45, 7) is 0. The second-order valence-corrected chi connectivity index (χ2v) is 3.27. The zero-order valence-electron chi connectivity index (χ0n) is 7.61. The van der Waals surface area contributed by atoms with Gasteiger partial charge in [-0.05, 0) is 15.9 Å². The van der Waals surface area contributed by atoms with Crippen molar-refractivity contribution in [3.63, 3.8) is 0 Å². The van der Waals surface area contributed by atoms with Crippen LogP contribution in [0, 0.1) is 10.1 Å². The van der Waals surface area contributed by atoms with Gasteiger partial charge >= 0.3 is 5.69 Å². The van der Waals surface area contributed by atoms with Crippen molar-refractivity contribution in [2.45, 2.75) is 0 Å². The van der Waals surface area contributed by atoms with Crippen molar-refractivity contribution in [3.8, 4) is 11.5 Å². The van der Waals surface area contributed by atoms with Crippen molar-refractivity contribution in [3.05, 3.63) is 26.7 Å². The number of benzene rings is 1. The molecule has 6 heteroatoms. The van der Waals surface area contributed by atoms with Gasteiger partial charge < -0.3 is 9.47 Å². The second-order valence-electron chi connectivity index (χ2n) is 2.42. The minimum atomic E-state index is -0.520. The summed E-state index contributed by atoms with van der Waals surface area (Å²) in [4.78, 5) is 10.1. The van der Waals surface area contributed by atoms with E-state index in [0.29, 0.717) is 10.2 Å². The Kier molecular flexibility index (Phi) is 3.29. The lowest BCUT2D eigenvalue weighted by Crippen LogP contribution is -1.95. The van der Waals surface area contributed by atoms with Gasteiger partial charge in [0.15, 0.2) is 5.75 Å². The van der Waals surface area contributed by atoms with Gasteiger partial charge in [0, 0.05) is 6.07 Å². The van der Waals surface area contributed by atoms with Crippen LogP contribution in [0.1, 0.15) is 0 Å². The Labute approximate surface area is 88.9 Å². The van der Waals surface area contributed by atoms with Gasteiger partial charge in [0.2, 0.25) is 0 Å². The van der Waals surface area contributed by atoms with Crippen LogP contribution in [-0.2, 0) is 0 Å². The van der Waals surface area contributed by atoms with E-state index in [0.717, 1.165) is 0 Å². The molecule has 0 unspecified atom stereocenters. The normalized spacial score (nSPS) is 9.64. The Hall–Kier alpha value is -1.30. The number of rotatable bonds is 3. The SMILES string of the molecule is COc1cc([N+](=O)[O-])c(OC)cc1Br. The third-order valence-electron chi connectivity index (χ3n) is 1.65. The number of nitro groups is 1. The van der Waals surface area contributed by atoms with Crippen LogP contribution in [-0.4, -0.2) is 19.1 Å². The molecule has 0 aromatic heterocycles. The molecular formula is C8H8BrNO4. The molecule has 1 aromatic carbocycles. The summed E-state index contributed by atoms with van der Waals surface area (Å²) in [6, 6.07) is 2.81. The minimum Gasteiger partial charge on any atom is -0.495 e. The fraction of sp³-hybridized carbons (Fsp3) is 0.250. The van der Waals surface area contributed by atoms with Crippen LogP contribution in [0.25, 0.3) is 0 Å². The van der Waals surface area contributed by atoms with Crippen LogP contribution in [0.5, 0.6) is 11.5 Å². The lowest BCUT2D eigenvalue weighted by molar-refractivity contribution is -0.385. The smallest absolute Gasteiger partial charge is 0.314 e. The Morgan fingerprint density at radius 3 is 2.29 bits per heavy atom. The monoisotopic (exact) mass is 261 g/mol. The predicted octanol–water partition coefficient (Wildman–Crippen LogP) is 2.37. The number of nitrogens with zero attached hydrogens (tertiary/aromatic N) is 1. The highest BCUT2D eigenvalue weighted by atomic mass is 79.9. The summed E-state index contributed by atoms with van der Waals surface area (Å²) in [5.41, 5.74) is -0.118. The van der Waals surface area contributed by atoms with E-state index in [1.54, 1.807) is 0 Å². The van der Waals surface area contributed by atoms with Crippen molar-refractivity contribution >= 4 is 21.6 Å². The Balaban J connectivity index is 3.32. The maximum atomic E-state index is 10.6. The van der Waals surface area contributed by atoms with E-state index >= 15 is 0 Å². The lowest BCUT2D eigenvalue weighted by Gasteiger charge is -2.06. The van der Waals surface area contributed by atoms with Crippen molar-refractivity contribution in [2.75, 3.05) is 14.2 Å². The summed E-state index contributed by atoms with van der Waals surface area (Å²) in [6.07, 6.45) is 0. The third kappa shape index (κ3) is 1.95. The van der Waals surface area contributed by atoms with E-state index in [4.69, 9.17) is 9.47 Å². The molecule has 0 aliphatic carbocycles. The molecule has 0 N–H and O–H groups in total. The molecule has 0 radical (unpaired) electrons. The number of ether oxygens (including phenoxy) is 2. The molecule has 0 fully saturated rings. The van der Waals surface area contributed by atoms with Gasteiger partial charge in [-0.25, -0.2) is 0 Å². The standard InChI is InChI=1S/C8H8BrNO4/c1-13-7-4-6(10(11)12)8(14-2)3-5(7)9/h3-4H,1-2H3. The quantitative estimate of drug-likeness (QED) is 0.619. The highest BCUT2D eigenvalue weighted by Crippen LogP contribution is 2.37. The van der Waals surface area contributed by atoms with Gasteiger partial charge in [0.25, 0.3) is 0 Å². The average molecular weight is 262 g/mol. The third-order valence-corrected chi connectivity index (χ3v) is 2.27. The number of hydrogen-bond donors (Lipinski definition) is 0. The van der Waals surface area contributed by atoms with E-state index in [1.807, 2.05) is 0 Å². The number of halogens is 1. The van der Waals surface area contributed by atoms with Crippen LogP contribution in [0.4, 0.5) is 5.69 Å². The molecule has 0 saturated heterocycles. The van der Waals surface area contributed by atoms with Crippen LogP contribution >= 0.6 is 15.9 Å². The second kappa shape index (κ2) is 4.28. The molecule has 0 aliphatic heterocycles. The van der Waals surface area contributed by atoms with Crippen molar-refractivity contribution in [1.29, 1.82) is 0 Å². The fourth-order valence-electron chi connectivity index (χ4n) is 0.987. The predicted molar refractivity (Wildman–Crippen MR) is 53.9 cm³/mol. The first-order valence-corrected chi connectivity index (χ1v) is 4.45. The summed E-state index contributed by atoms with van der Waals surface area (Å²) < 4.78 is 10.4. The van der Waals surface area contributed by atoms with Crippen molar-refractivity contribution in [2.24, 2.45) is 0 Å². The number of methoxy groups -OCH3 is 2. The zero-order chi connectivity index (χ0) is 10.7. The molecule has 1 aromatic rings. The van der Waals surface area contributed by atoms with Crippen molar-refractivity contribution in [1.82, 2.24) is 0 Å². The van der Waals surface area contributed by atoms with Crippen molar-refractivity contribution < 1.29 is 14.4 Å². The fourth-order valence-corrected chi connectivity index (χ4v) is 1.47. The van der Waals surface area contributed by atoms with Gasteiger partial charge in [0.1, 0.15) is 5.75 Å². The van der Waals surface area contributed by atoms with Gasteiger partial charge in [-0.3, -0.25) is 10.1 Å². The summed E-state index contributed by atoms with van der Waals surface area (Å²) in [5.74, 6) is 0.597. The Bertz CT molecular complexity index is 367.